The van der Waals surface area contributed by atoms with Crippen LogP contribution in [-0.2, 0) is 0 Å². The summed E-state index contributed by atoms with van der Waals surface area (Å²) in [5.41, 5.74) is 8.99. The minimum Gasteiger partial charge on any atom is -0.493 e. The highest BCUT2D eigenvalue weighted by atomic mass is 32.2. The molecule has 0 bridgehead atoms. The Kier molecular flexibility index (Phi) is 6.61. The molecule has 0 amide bonds. The zero-order chi connectivity index (χ0) is 20.3. The highest BCUT2D eigenvalue weighted by Gasteiger charge is 2.31. The van der Waals surface area contributed by atoms with Crippen molar-refractivity contribution in [3.8, 4) is 28.7 Å². The van der Waals surface area contributed by atoms with Crippen LogP contribution < -0.4 is 29.4 Å². The van der Waals surface area contributed by atoms with Gasteiger partial charge < -0.3 is 29.4 Å². The fourth-order valence-corrected chi connectivity index (χ4v) is 6.45. The third-order valence-electron chi connectivity index (χ3n) is 4.55. The Morgan fingerprint density at radius 3 is 1.82 bits per heavy atom. The number of nitrogens with two attached hydrogens (primary N) is 1. The zero-order valence-electron chi connectivity index (χ0n) is 16.6. The lowest BCUT2D eigenvalue weighted by Crippen LogP contribution is -2.00. The van der Waals surface area contributed by atoms with Crippen molar-refractivity contribution >= 4 is 29.2 Å². The first kappa shape index (κ1) is 20.7. The molecule has 2 N–H and O–H groups in total. The van der Waals surface area contributed by atoms with Crippen LogP contribution in [0.15, 0.2) is 24.3 Å². The Morgan fingerprint density at radius 1 is 0.750 bits per heavy atom. The molecule has 0 unspecified atom stereocenters. The summed E-state index contributed by atoms with van der Waals surface area (Å²) >= 11 is 3.74. The molecule has 1 fully saturated rings. The van der Waals surface area contributed by atoms with Crippen LogP contribution in [0.5, 0.6) is 28.7 Å². The fourth-order valence-electron chi connectivity index (χ4n) is 3.19. The number of ether oxygens (including phenoxy) is 5. The van der Waals surface area contributed by atoms with Gasteiger partial charge in [0.1, 0.15) is 0 Å². The average Bonchev–Trinajstić information content (AvgIpc) is 3.22. The van der Waals surface area contributed by atoms with Gasteiger partial charge in [-0.25, -0.2) is 0 Å². The second-order valence-electron chi connectivity index (χ2n) is 6.09. The maximum atomic E-state index is 6.16. The van der Waals surface area contributed by atoms with E-state index in [1.54, 1.807) is 35.5 Å². The lowest BCUT2D eigenvalue weighted by molar-refractivity contribution is 0.324. The van der Waals surface area contributed by atoms with Crippen molar-refractivity contribution in [3.63, 3.8) is 0 Å². The maximum Gasteiger partial charge on any atom is 0.203 e. The molecule has 2 aromatic carbocycles. The largest absolute Gasteiger partial charge is 0.493 e. The Morgan fingerprint density at radius 2 is 1.29 bits per heavy atom. The van der Waals surface area contributed by atoms with E-state index in [1.807, 2.05) is 47.8 Å². The van der Waals surface area contributed by atoms with Gasteiger partial charge in [0, 0.05) is 11.0 Å². The molecular weight excluding hydrogens is 398 g/mol. The van der Waals surface area contributed by atoms with E-state index in [0.717, 1.165) is 16.9 Å². The quantitative estimate of drug-likeness (QED) is 0.651. The monoisotopic (exact) mass is 423 g/mol. The summed E-state index contributed by atoms with van der Waals surface area (Å²) in [5, 5.41) is 0.290. The number of methoxy groups -OCH3 is 5. The van der Waals surface area contributed by atoms with Crippen LogP contribution in [0, 0.1) is 0 Å². The number of nitrogen functional groups attached to an aromatic ring is 1. The maximum absolute atomic E-state index is 6.16. The normalized spacial score (nSPS) is 18.6. The summed E-state index contributed by atoms with van der Waals surface area (Å²) in [4.78, 5) is 0. The lowest BCUT2D eigenvalue weighted by atomic mass is 10.1. The van der Waals surface area contributed by atoms with Crippen molar-refractivity contribution in [2.24, 2.45) is 0 Å². The topological polar surface area (TPSA) is 72.2 Å². The molecule has 2 aromatic rings. The predicted molar refractivity (Wildman–Crippen MR) is 116 cm³/mol. The van der Waals surface area contributed by atoms with Crippen molar-refractivity contribution < 1.29 is 23.7 Å². The van der Waals surface area contributed by atoms with E-state index in [9.17, 15) is 0 Å². The van der Waals surface area contributed by atoms with E-state index in [0.29, 0.717) is 34.4 Å². The highest BCUT2D eigenvalue weighted by Crippen LogP contribution is 2.58. The molecule has 0 aliphatic carbocycles. The van der Waals surface area contributed by atoms with Gasteiger partial charge in [-0.05, 0) is 35.4 Å². The third kappa shape index (κ3) is 3.89. The van der Waals surface area contributed by atoms with E-state index >= 15 is 0 Å². The number of hydrogen-bond donors (Lipinski definition) is 1. The molecule has 1 saturated heterocycles. The Labute approximate surface area is 174 Å². The van der Waals surface area contributed by atoms with Crippen LogP contribution in [0.3, 0.4) is 0 Å². The molecule has 0 spiro atoms. The zero-order valence-corrected chi connectivity index (χ0v) is 18.2. The standard InChI is InChI=1S/C20H25NO5S2/c1-22-14-9-12(6-13(21)18(14)25-4)20-27-10-17(28-20)11-7-15(23-2)19(26-5)16(8-11)24-3/h6-9,17,20H,10,21H2,1-5H3/t17-,20+/m0/s1. The van der Waals surface area contributed by atoms with Crippen molar-refractivity contribution in [2.75, 3.05) is 47.0 Å². The van der Waals surface area contributed by atoms with Gasteiger partial charge >= 0.3 is 0 Å². The molecule has 28 heavy (non-hydrogen) atoms. The second-order valence-corrected chi connectivity index (χ2v) is 8.84. The van der Waals surface area contributed by atoms with E-state index in [1.165, 1.54) is 0 Å². The number of rotatable bonds is 7. The van der Waals surface area contributed by atoms with E-state index < -0.39 is 0 Å². The summed E-state index contributed by atoms with van der Waals surface area (Å²) in [6.07, 6.45) is 0. The molecule has 152 valence electrons. The Bertz CT molecular complexity index is 821. The molecule has 1 aliphatic heterocycles. The van der Waals surface area contributed by atoms with E-state index in [-0.39, 0.29) is 9.83 Å². The Hall–Kier alpha value is -2.06. The SMILES string of the molecule is COc1cc([C@@H]2SC[C@@H](c3cc(OC)c(OC)c(OC)c3)S2)cc(N)c1OC. The highest BCUT2D eigenvalue weighted by molar-refractivity contribution is 8.19. The average molecular weight is 424 g/mol. The van der Waals surface area contributed by atoms with Crippen LogP contribution in [0.2, 0.25) is 0 Å². The molecule has 0 saturated carbocycles. The van der Waals surface area contributed by atoms with E-state index in [4.69, 9.17) is 29.4 Å². The smallest absolute Gasteiger partial charge is 0.203 e. The second kappa shape index (κ2) is 8.96. The van der Waals surface area contributed by atoms with Gasteiger partial charge in [-0.15, -0.1) is 23.5 Å². The Balaban J connectivity index is 1.87. The number of hydrogen-bond acceptors (Lipinski definition) is 8. The van der Waals surface area contributed by atoms with Gasteiger partial charge in [0.15, 0.2) is 23.0 Å². The molecule has 0 aromatic heterocycles. The summed E-state index contributed by atoms with van der Waals surface area (Å²) in [5.74, 6) is 4.12. The van der Waals surface area contributed by atoms with Gasteiger partial charge in [0.25, 0.3) is 0 Å². The molecule has 3 rings (SSSR count). The molecule has 8 heteroatoms. The molecule has 1 heterocycles. The van der Waals surface area contributed by atoms with Gasteiger partial charge in [0.2, 0.25) is 5.75 Å². The number of thioether (sulfide) groups is 2. The van der Waals surface area contributed by atoms with Crippen molar-refractivity contribution in [1.29, 1.82) is 0 Å². The lowest BCUT2D eigenvalue weighted by Gasteiger charge is -2.18. The van der Waals surface area contributed by atoms with Crippen LogP contribution in [-0.4, -0.2) is 41.3 Å². The first-order valence-electron chi connectivity index (χ1n) is 8.64. The van der Waals surface area contributed by atoms with Gasteiger partial charge in [-0.1, -0.05) is 0 Å². The number of anilines is 1. The minimum atomic E-state index is 0.242. The van der Waals surface area contributed by atoms with Crippen molar-refractivity contribution in [1.82, 2.24) is 0 Å². The van der Waals surface area contributed by atoms with Gasteiger partial charge in [-0.2, -0.15) is 0 Å². The third-order valence-corrected chi connectivity index (χ3v) is 7.89. The van der Waals surface area contributed by atoms with Crippen molar-refractivity contribution in [2.45, 2.75) is 9.83 Å². The van der Waals surface area contributed by atoms with Crippen LogP contribution in [0.1, 0.15) is 21.0 Å². The van der Waals surface area contributed by atoms with Gasteiger partial charge in [-0.3, -0.25) is 0 Å². The molecule has 0 radical (unpaired) electrons. The molecule has 1 aliphatic rings. The fraction of sp³-hybridized carbons (Fsp3) is 0.400. The molecular formula is C20H25NO5S2. The minimum absolute atomic E-state index is 0.242. The summed E-state index contributed by atoms with van der Waals surface area (Å²) in [6.45, 7) is 0. The van der Waals surface area contributed by atoms with E-state index in [2.05, 4.69) is 0 Å². The number of benzene rings is 2. The van der Waals surface area contributed by atoms with Crippen LogP contribution in [0.4, 0.5) is 5.69 Å². The first-order chi connectivity index (χ1) is 13.6. The summed E-state index contributed by atoms with van der Waals surface area (Å²) in [7, 11) is 8.08. The van der Waals surface area contributed by atoms with Crippen molar-refractivity contribution in [3.05, 3.63) is 35.4 Å². The predicted octanol–water partition coefficient (Wildman–Crippen LogP) is 4.53. The molecule has 6 nitrogen and oxygen atoms in total. The first-order valence-corrected chi connectivity index (χ1v) is 10.6. The summed E-state index contributed by atoms with van der Waals surface area (Å²) < 4.78 is 27.4. The van der Waals surface area contributed by atoms with Crippen LogP contribution in [0.25, 0.3) is 0 Å². The van der Waals surface area contributed by atoms with Crippen LogP contribution >= 0.6 is 23.5 Å². The van der Waals surface area contributed by atoms with Gasteiger partial charge in [0.05, 0.1) is 45.8 Å². The summed E-state index contributed by atoms with van der Waals surface area (Å²) in [6, 6.07) is 8.00. The molecule has 2 atom stereocenters.